The normalized spacial score (nSPS) is 10.8. The van der Waals surface area contributed by atoms with E-state index in [0.717, 1.165) is 15.7 Å². The van der Waals surface area contributed by atoms with Gasteiger partial charge < -0.3 is 9.14 Å². The van der Waals surface area contributed by atoms with E-state index in [1.165, 1.54) is 11.3 Å². The number of hydrogen-bond donors (Lipinski definition) is 0. The van der Waals surface area contributed by atoms with E-state index in [1.807, 2.05) is 35.0 Å². The molecule has 3 aromatic heterocycles. The van der Waals surface area contributed by atoms with Gasteiger partial charge in [-0.1, -0.05) is 6.07 Å². The number of hydrogen-bond acceptors (Lipinski definition) is 5. The van der Waals surface area contributed by atoms with E-state index >= 15 is 0 Å². The van der Waals surface area contributed by atoms with Gasteiger partial charge in [0.2, 0.25) is 0 Å². The molecule has 6 heteroatoms. The van der Waals surface area contributed by atoms with Crippen LogP contribution in [-0.2, 0) is 11.3 Å². The number of pyridine rings is 1. The molecule has 0 saturated carbocycles. The summed E-state index contributed by atoms with van der Waals surface area (Å²) in [6, 6.07) is 13.1. The summed E-state index contributed by atoms with van der Waals surface area (Å²) in [5.74, 6) is -0.413. The minimum absolute atomic E-state index is 0.0597. The molecule has 0 bridgehead atoms. The summed E-state index contributed by atoms with van der Waals surface area (Å²) in [6.07, 6.45) is 3.67. The Balaban J connectivity index is 1.58. The number of ether oxygens (including phenoxy) is 1. The first-order chi connectivity index (χ1) is 11.8. The van der Waals surface area contributed by atoms with Gasteiger partial charge in [-0.25, -0.2) is 9.78 Å². The van der Waals surface area contributed by atoms with Gasteiger partial charge in [0.25, 0.3) is 0 Å². The molecular formula is C18H11N3O2S. The average Bonchev–Trinajstić information content (AvgIpc) is 3.22. The summed E-state index contributed by atoms with van der Waals surface area (Å²) in [7, 11) is 0. The van der Waals surface area contributed by atoms with E-state index in [4.69, 9.17) is 4.74 Å². The molecule has 4 aromatic rings. The van der Waals surface area contributed by atoms with E-state index < -0.39 is 5.97 Å². The van der Waals surface area contributed by atoms with Crippen LogP contribution in [0.5, 0.6) is 0 Å². The number of benzene rings is 1. The fourth-order valence-corrected chi connectivity index (χ4v) is 3.34. The molecule has 24 heavy (non-hydrogen) atoms. The Morgan fingerprint density at radius 1 is 1.33 bits per heavy atom. The number of esters is 1. The lowest BCUT2D eigenvalue weighted by Crippen LogP contribution is -2.05. The van der Waals surface area contributed by atoms with Crippen molar-refractivity contribution in [3.63, 3.8) is 0 Å². The zero-order valence-electron chi connectivity index (χ0n) is 12.5. The molecule has 116 valence electrons. The maximum absolute atomic E-state index is 12.3. The third-order valence-corrected chi connectivity index (χ3v) is 4.59. The molecule has 5 nitrogen and oxygen atoms in total. The van der Waals surface area contributed by atoms with Crippen LogP contribution in [0.25, 0.3) is 15.7 Å². The first-order valence-electron chi connectivity index (χ1n) is 7.25. The summed E-state index contributed by atoms with van der Waals surface area (Å²) in [5.41, 5.74) is 5.11. The highest BCUT2D eigenvalue weighted by atomic mass is 32.1. The predicted octanol–water partition coefficient (Wildman–Crippen LogP) is 3.78. The number of thiazole rings is 1. The van der Waals surface area contributed by atoms with Gasteiger partial charge in [0.1, 0.15) is 12.7 Å². The van der Waals surface area contributed by atoms with Crippen LogP contribution in [-0.4, -0.2) is 15.4 Å². The molecule has 0 unspecified atom stereocenters. The smallest absolute Gasteiger partial charge is 0.338 e. The molecule has 0 fully saturated rings. The largest absolute Gasteiger partial charge is 0.457 e. The van der Waals surface area contributed by atoms with E-state index in [-0.39, 0.29) is 6.61 Å². The summed E-state index contributed by atoms with van der Waals surface area (Å²) in [4.78, 5) is 16.5. The van der Waals surface area contributed by atoms with E-state index in [0.29, 0.717) is 16.7 Å². The highest BCUT2D eigenvalue weighted by Gasteiger charge is 2.14. The molecule has 0 atom stereocenters. The second-order valence-corrected chi connectivity index (χ2v) is 6.13. The van der Waals surface area contributed by atoms with Gasteiger partial charge in [0.05, 0.1) is 32.4 Å². The van der Waals surface area contributed by atoms with E-state index in [1.54, 1.807) is 23.7 Å². The Labute approximate surface area is 141 Å². The van der Waals surface area contributed by atoms with Crippen molar-refractivity contribution in [1.29, 1.82) is 5.26 Å². The second kappa shape index (κ2) is 5.80. The molecular weight excluding hydrogens is 322 g/mol. The summed E-state index contributed by atoms with van der Waals surface area (Å²) in [5, 5.41) is 9.37. The van der Waals surface area contributed by atoms with Crippen LogP contribution in [0.1, 0.15) is 21.5 Å². The van der Waals surface area contributed by atoms with E-state index in [9.17, 15) is 10.1 Å². The number of nitrogens with zero attached hydrogens (tertiary/aromatic N) is 3. The fourth-order valence-electron chi connectivity index (χ4n) is 2.62. The van der Waals surface area contributed by atoms with Crippen LogP contribution >= 0.6 is 11.3 Å². The summed E-state index contributed by atoms with van der Waals surface area (Å²) >= 11 is 1.48. The molecule has 3 heterocycles. The molecule has 0 N–H and O–H groups in total. The Morgan fingerprint density at radius 3 is 3.12 bits per heavy atom. The maximum atomic E-state index is 12.3. The number of fused-ring (bicyclic) bond motifs is 2. The third-order valence-electron chi connectivity index (χ3n) is 3.80. The lowest BCUT2D eigenvalue weighted by atomic mass is 10.2. The zero-order valence-corrected chi connectivity index (χ0v) is 13.3. The van der Waals surface area contributed by atoms with Crippen molar-refractivity contribution >= 4 is 33.0 Å². The minimum Gasteiger partial charge on any atom is -0.457 e. The van der Waals surface area contributed by atoms with Crippen molar-refractivity contribution in [3.8, 4) is 6.07 Å². The Bertz CT molecular complexity index is 1100. The lowest BCUT2D eigenvalue weighted by molar-refractivity contribution is 0.0473. The van der Waals surface area contributed by atoms with Crippen molar-refractivity contribution in [1.82, 2.24) is 9.38 Å². The van der Waals surface area contributed by atoms with Gasteiger partial charge in [0.15, 0.2) is 0 Å². The lowest BCUT2D eigenvalue weighted by Gasteiger charge is -2.04. The quantitative estimate of drug-likeness (QED) is 0.535. The number of carbonyl (C=O) groups excluding carboxylic acids is 1. The van der Waals surface area contributed by atoms with Crippen molar-refractivity contribution in [2.45, 2.75) is 6.61 Å². The number of nitriles is 1. The molecule has 0 saturated heterocycles. The molecule has 0 radical (unpaired) electrons. The van der Waals surface area contributed by atoms with Gasteiger partial charge in [0, 0.05) is 18.0 Å². The van der Waals surface area contributed by atoms with Crippen molar-refractivity contribution in [3.05, 3.63) is 71.0 Å². The van der Waals surface area contributed by atoms with Crippen LogP contribution in [0.15, 0.2) is 54.3 Å². The highest BCUT2D eigenvalue weighted by molar-refractivity contribution is 7.16. The molecule has 4 rings (SSSR count). The highest BCUT2D eigenvalue weighted by Crippen LogP contribution is 2.21. The molecule has 0 aliphatic carbocycles. The maximum Gasteiger partial charge on any atom is 0.338 e. The van der Waals surface area contributed by atoms with Crippen molar-refractivity contribution in [2.75, 3.05) is 0 Å². The van der Waals surface area contributed by atoms with Crippen LogP contribution in [0, 0.1) is 11.3 Å². The SMILES string of the molecule is N#Cc1c(COC(=O)c2ccc3ncsc3c2)cn2ccccc12. The van der Waals surface area contributed by atoms with Crippen LogP contribution < -0.4 is 0 Å². The fraction of sp³-hybridized carbons (Fsp3) is 0.0556. The summed E-state index contributed by atoms with van der Waals surface area (Å²) in [6.45, 7) is 0.0597. The van der Waals surface area contributed by atoms with Gasteiger partial charge in [-0.05, 0) is 30.3 Å². The van der Waals surface area contributed by atoms with Crippen molar-refractivity contribution in [2.24, 2.45) is 0 Å². The van der Waals surface area contributed by atoms with Crippen LogP contribution in [0.3, 0.4) is 0 Å². The second-order valence-electron chi connectivity index (χ2n) is 5.25. The van der Waals surface area contributed by atoms with Crippen LogP contribution in [0.4, 0.5) is 0 Å². The Hall–Kier alpha value is -3.17. The van der Waals surface area contributed by atoms with Gasteiger partial charge >= 0.3 is 5.97 Å². The molecule has 0 aliphatic heterocycles. The first-order valence-corrected chi connectivity index (χ1v) is 8.13. The van der Waals surface area contributed by atoms with E-state index in [2.05, 4.69) is 11.1 Å². The minimum atomic E-state index is -0.413. The van der Waals surface area contributed by atoms with Crippen LogP contribution in [0.2, 0.25) is 0 Å². The number of aromatic nitrogens is 2. The van der Waals surface area contributed by atoms with Gasteiger partial charge in [-0.15, -0.1) is 11.3 Å². The molecule has 0 amide bonds. The van der Waals surface area contributed by atoms with Gasteiger partial charge in [-0.2, -0.15) is 5.26 Å². The zero-order chi connectivity index (χ0) is 16.5. The Kier molecular flexibility index (Phi) is 3.48. The third kappa shape index (κ3) is 2.41. The monoisotopic (exact) mass is 333 g/mol. The predicted molar refractivity (Wildman–Crippen MR) is 90.9 cm³/mol. The average molecular weight is 333 g/mol. The topological polar surface area (TPSA) is 67.4 Å². The molecule has 0 spiro atoms. The van der Waals surface area contributed by atoms with Gasteiger partial charge in [-0.3, -0.25) is 0 Å². The molecule has 1 aromatic carbocycles. The number of carbonyl (C=O) groups is 1. The number of rotatable bonds is 3. The van der Waals surface area contributed by atoms with Crippen molar-refractivity contribution < 1.29 is 9.53 Å². The standard InChI is InChI=1S/C18H11N3O2S/c19-8-14-13(9-21-6-2-1-3-16(14)21)10-23-18(22)12-4-5-15-17(7-12)24-11-20-15/h1-7,9,11H,10H2. The Morgan fingerprint density at radius 2 is 2.25 bits per heavy atom. The molecule has 0 aliphatic rings. The summed E-state index contributed by atoms with van der Waals surface area (Å²) < 4.78 is 8.19. The first kappa shape index (κ1) is 14.4.